The summed E-state index contributed by atoms with van der Waals surface area (Å²) in [4.78, 5) is 11.8. The Labute approximate surface area is 87.5 Å². The SMILES string of the molecule is CC1CCCC(CC(=O)C(C)(C)C)N1. The van der Waals surface area contributed by atoms with E-state index >= 15 is 0 Å². The first-order valence-electron chi connectivity index (χ1n) is 5.69. The number of carbonyl (C=O) groups is 1. The Morgan fingerprint density at radius 2 is 2.00 bits per heavy atom. The van der Waals surface area contributed by atoms with Crippen LogP contribution in [0.1, 0.15) is 53.4 Å². The van der Waals surface area contributed by atoms with Crippen LogP contribution in [0.25, 0.3) is 0 Å². The molecule has 0 spiro atoms. The molecule has 1 N–H and O–H groups in total. The van der Waals surface area contributed by atoms with E-state index in [9.17, 15) is 4.79 Å². The molecule has 2 nitrogen and oxygen atoms in total. The Morgan fingerprint density at radius 1 is 1.36 bits per heavy atom. The summed E-state index contributed by atoms with van der Waals surface area (Å²) in [6.07, 6.45) is 4.37. The lowest BCUT2D eigenvalue weighted by Gasteiger charge is -2.30. The van der Waals surface area contributed by atoms with Crippen molar-refractivity contribution < 1.29 is 4.79 Å². The van der Waals surface area contributed by atoms with Gasteiger partial charge in [-0.1, -0.05) is 27.2 Å². The fraction of sp³-hybridized carbons (Fsp3) is 0.917. The van der Waals surface area contributed by atoms with Crippen LogP contribution in [0.3, 0.4) is 0 Å². The van der Waals surface area contributed by atoms with Crippen LogP contribution in [0.2, 0.25) is 0 Å². The Bertz CT molecular complexity index is 205. The van der Waals surface area contributed by atoms with Crippen molar-refractivity contribution in [3.05, 3.63) is 0 Å². The molecule has 1 aliphatic rings. The van der Waals surface area contributed by atoms with Crippen LogP contribution < -0.4 is 5.32 Å². The average molecular weight is 197 g/mol. The van der Waals surface area contributed by atoms with E-state index in [2.05, 4.69) is 12.2 Å². The van der Waals surface area contributed by atoms with Crippen molar-refractivity contribution in [2.24, 2.45) is 5.41 Å². The second-order valence-electron chi connectivity index (χ2n) is 5.57. The minimum absolute atomic E-state index is 0.178. The highest BCUT2D eigenvalue weighted by Gasteiger charge is 2.26. The molecule has 0 aliphatic carbocycles. The van der Waals surface area contributed by atoms with Crippen LogP contribution in [0.5, 0.6) is 0 Å². The molecule has 1 rings (SSSR count). The van der Waals surface area contributed by atoms with Gasteiger partial charge in [-0.3, -0.25) is 4.79 Å². The summed E-state index contributed by atoms with van der Waals surface area (Å²) in [7, 11) is 0. The van der Waals surface area contributed by atoms with E-state index in [-0.39, 0.29) is 5.41 Å². The summed E-state index contributed by atoms with van der Waals surface area (Å²) in [6.45, 7) is 8.21. The first-order chi connectivity index (χ1) is 6.39. The molecule has 0 saturated carbocycles. The molecule has 0 amide bonds. The number of carbonyl (C=O) groups excluding carboxylic acids is 1. The molecule has 0 aromatic rings. The van der Waals surface area contributed by atoms with E-state index in [0.717, 1.165) is 6.42 Å². The smallest absolute Gasteiger partial charge is 0.139 e. The predicted molar refractivity (Wildman–Crippen MR) is 59.3 cm³/mol. The molecule has 1 fully saturated rings. The van der Waals surface area contributed by atoms with Crippen LogP contribution in [0, 0.1) is 5.41 Å². The molecule has 14 heavy (non-hydrogen) atoms. The molecule has 0 aromatic heterocycles. The fourth-order valence-corrected chi connectivity index (χ4v) is 1.93. The first kappa shape index (κ1) is 11.7. The zero-order chi connectivity index (χ0) is 10.8. The lowest BCUT2D eigenvalue weighted by molar-refractivity contribution is -0.127. The summed E-state index contributed by atoms with van der Waals surface area (Å²) in [5.74, 6) is 0.379. The molecule has 2 atom stereocenters. The third-order valence-corrected chi connectivity index (χ3v) is 2.98. The third-order valence-electron chi connectivity index (χ3n) is 2.98. The van der Waals surface area contributed by atoms with Crippen LogP contribution in [-0.4, -0.2) is 17.9 Å². The minimum Gasteiger partial charge on any atom is -0.311 e. The average Bonchev–Trinajstić information content (AvgIpc) is 2.02. The number of rotatable bonds is 2. The van der Waals surface area contributed by atoms with Crippen molar-refractivity contribution in [2.45, 2.75) is 65.5 Å². The quantitative estimate of drug-likeness (QED) is 0.737. The topological polar surface area (TPSA) is 29.1 Å². The van der Waals surface area contributed by atoms with Gasteiger partial charge in [-0.25, -0.2) is 0 Å². The molecular weight excluding hydrogens is 174 g/mol. The van der Waals surface area contributed by atoms with Crippen LogP contribution in [0.15, 0.2) is 0 Å². The van der Waals surface area contributed by atoms with Crippen LogP contribution >= 0.6 is 0 Å². The van der Waals surface area contributed by atoms with E-state index in [1.54, 1.807) is 0 Å². The number of hydrogen-bond acceptors (Lipinski definition) is 2. The molecule has 0 aromatic carbocycles. The second-order valence-corrected chi connectivity index (χ2v) is 5.57. The van der Waals surface area contributed by atoms with Gasteiger partial charge in [0.25, 0.3) is 0 Å². The summed E-state index contributed by atoms with van der Waals surface area (Å²) < 4.78 is 0. The molecular formula is C12H23NO. The maximum Gasteiger partial charge on any atom is 0.139 e. The Kier molecular flexibility index (Phi) is 3.71. The number of Topliss-reactive ketones (excluding diaryl/α,β-unsaturated/α-hetero) is 1. The molecule has 2 unspecified atom stereocenters. The standard InChI is InChI=1S/C12H23NO/c1-9-6-5-7-10(13-9)8-11(14)12(2,3)4/h9-10,13H,5-8H2,1-4H3. The zero-order valence-electron chi connectivity index (χ0n) is 9.89. The fourth-order valence-electron chi connectivity index (χ4n) is 1.93. The largest absolute Gasteiger partial charge is 0.311 e. The Morgan fingerprint density at radius 3 is 2.50 bits per heavy atom. The van der Waals surface area contributed by atoms with Crippen LogP contribution in [-0.2, 0) is 4.79 Å². The highest BCUT2D eigenvalue weighted by Crippen LogP contribution is 2.21. The highest BCUT2D eigenvalue weighted by atomic mass is 16.1. The van der Waals surface area contributed by atoms with Crippen molar-refractivity contribution in [1.82, 2.24) is 5.32 Å². The Balaban J connectivity index is 2.40. The van der Waals surface area contributed by atoms with E-state index in [0.29, 0.717) is 24.3 Å². The van der Waals surface area contributed by atoms with Gasteiger partial charge in [0.2, 0.25) is 0 Å². The van der Waals surface area contributed by atoms with E-state index < -0.39 is 0 Å². The molecule has 0 radical (unpaired) electrons. The van der Waals surface area contributed by atoms with Gasteiger partial charge >= 0.3 is 0 Å². The summed E-state index contributed by atoms with van der Waals surface area (Å²) in [5, 5.41) is 3.50. The van der Waals surface area contributed by atoms with Crippen molar-refractivity contribution >= 4 is 5.78 Å². The summed E-state index contributed by atoms with van der Waals surface area (Å²) in [5.41, 5.74) is -0.178. The van der Waals surface area contributed by atoms with Gasteiger partial charge in [0.05, 0.1) is 0 Å². The summed E-state index contributed by atoms with van der Waals surface area (Å²) >= 11 is 0. The monoisotopic (exact) mass is 197 g/mol. The first-order valence-corrected chi connectivity index (χ1v) is 5.69. The maximum absolute atomic E-state index is 11.8. The van der Waals surface area contributed by atoms with E-state index in [1.165, 1.54) is 12.8 Å². The van der Waals surface area contributed by atoms with Crippen molar-refractivity contribution in [3.8, 4) is 0 Å². The van der Waals surface area contributed by atoms with Gasteiger partial charge in [0.15, 0.2) is 0 Å². The predicted octanol–water partition coefficient (Wildman–Crippen LogP) is 2.52. The van der Waals surface area contributed by atoms with Gasteiger partial charge in [-0.05, 0) is 19.8 Å². The Hall–Kier alpha value is -0.370. The molecule has 2 heteroatoms. The van der Waals surface area contributed by atoms with Gasteiger partial charge in [0, 0.05) is 23.9 Å². The molecule has 1 aliphatic heterocycles. The lowest BCUT2D eigenvalue weighted by atomic mass is 9.85. The van der Waals surface area contributed by atoms with Crippen molar-refractivity contribution in [3.63, 3.8) is 0 Å². The summed E-state index contributed by atoms with van der Waals surface area (Å²) in [6, 6.07) is 1.01. The number of nitrogens with one attached hydrogen (secondary N) is 1. The lowest BCUT2D eigenvalue weighted by Crippen LogP contribution is -2.43. The normalized spacial score (nSPS) is 28.9. The minimum atomic E-state index is -0.178. The molecule has 82 valence electrons. The van der Waals surface area contributed by atoms with Crippen molar-refractivity contribution in [2.75, 3.05) is 0 Å². The highest BCUT2D eigenvalue weighted by molar-refractivity contribution is 5.84. The molecule has 1 saturated heterocycles. The molecule has 0 bridgehead atoms. The van der Waals surface area contributed by atoms with E-state index in [1.807, 2.05) is 20.8 Å². The van der Waals surface area contributed by atoms with Gasteiger partial charge < -0.3 is 5.32 Å². The second kappa shape index (κ2) is 4.43. The molecule has 1 heterocycles. The zero-order valence-corrected chi connectivity index (χ0v) is 9.89. The van der Waals surface area contributed by atoms with Crippen LogP contribution in [0.4, 0.5) is 0 Å². The van der Waals surface area contributed by atoms with Gasteiger partial charge in [0.1, 0.15) is 5.78 Å². The maximum atomic E-state index is 11.8. The number of piperidine rings is 1. The number of hydrogen-bond donors (Lipinski definition) is 1. The van der Waals surface area contributed by atoms with Gasteiger partial charge in [-0.2, -0.15) is 0 Å². The third kappa shape index (κ3) is 3.41. The van der Waals surface area contributed by atoms with E-state index in [4.69, 9.17) is 0 Å². The van der Waals surface area contributed by atoms with Crippen molar-refractivity contribution in [1.29, 1.82) is 0 Å². The van der Waals surface area contributed by atoms with Gasteiger partial charge in [-0.15, -0.1) is 0 Å². The number of ketones is 1.